The molecule has 0 spiro atoms. The molecule has 7 nitrogen and oxygen atoms in total. The Kier molecular flexibility index (Phi) is 4.54. The number of carbonyl (C=O) groups excluding carboxylic acids is 1. The smallest absolute Gasteiger partial charge is 0.341 e. The number of methoxy groups -OCH3 is 1. The van der Waals surface area contributed by atoms with E-state index < -0.39 is 35.6 Å². The van der Waals surface area contributed by atoms with E-state index in [0.29, 0.717) is 0 Å². The lowest BCUT2D eigenvalue weighted by Crippen LogP contribution is -2.16. The molecule has 23 heavy (non-hydrogen) atoms. The van der Waals surface area contributed by atoms with Gasteiger partial charge in [-0.05, 0) is 12.1 Å². The van der Waals surface area contributed by atoms with Crippen LogP contribution in [0, 0.1) is 0 Å². The number of nitrogens with zero attached hydrogens (tertiary/aromatic N) is 1. The van der Waals surface area contributed by atoms with Crippen LogP contribution in [0.15, 0.2) is 34.3 Å². The van der Waals surface area contributed by atoms with Crippen molar-refractivity contribution in [2.45, 2.75) is 23.8 Å². The molecule has 0 atom stereocenters. The summed E-state index contributed by atoms with van der Waals surface area (Å²) < 4.78 is 55.9. The third-order valence-electron chi connectivity index (χ3n) is 3.51. The summed E-state index contributed by atoms with van der Waals surface area (Å²) in [5.41, 5.74) is -0.0691. The first-order valence-electron chi connectivity index (χ1n) is 6.88. The van der Waals surface area contributed by atoms with Crippen molar-refractivity contribution < 1.29 is 26.4 Å². The molecule has 9 heteroatoms. The molecule has 2 aromatic rings. The van der Waals surface area contributed by atoms with Crippen molar-refractivity contribution in [1.29, 1.82) is 0 Å². The van der Waals surface area contributed by atoms with E-state index in [1.807, 2.05) is 0 Å². The van der Waals surface area contributed by atoms with Crippen LogP contribution in [0.4, 0.5) is 0 Å². The van der Waals surface area contributed by atoms with Gasteiger partial charge in [-0.2, -0.15) is 0 Å². The van der Waals surface area contributed by atoms with Gasteiger partial charge < -0.3 is 9.14 Å². The van der Waals surface area contributed by atoms with Crippen molar-refractivity contribution >= 4 is 31.2 Å². The molecule has 0 amide bonds. The molecule has 2 rings (SSSR count). The molecule has 0 saturated carbocycles. The fraction of sp³-hybridized carbons (Fsp3) is 0.357. The third-order valence-corrected chi connectivity index (χ3v) is 7.17. The Morgan fingerprint density at radius 3 is 2.22 bits per heavy atom. The van der Waals surface area contributed by atoms with Crippen LogP contribution in [0.5, 0.6) is 0 Å². The quantitative estimate of drug-likeness (QED) is 0.747. The van der Waals surface area contributed by atoms with Crippen molar-refractivity contribution in [3.63, 3.8) is 0 Å². The fourth-order valence-electron chi connectivity index (χ4n) is 2.32. The maximum absolute atomic E-state index is 12.5. The molecule has 0 bridgehead atoms. The van der Waals surface area contributed by atoms with Gasteiger partial charge in [-0.15, -0.1) is 0 Å². The minimum absolute atomic E-state index is 0.179. The molecule has 0 radical (unpaired) electrons. The highest BCUT2D eigenvalue weighted by molar-refractivity contribution is 7.94. The van der Waals surface area contributed by atoms with Crippen molar-refractivity contribution in [2.24, 2.45) is 0 Å². The average Bonchev–Trinajstić information content (AvgIpc) is 2.90. The zero-order valence-corrected chi connectivity index (χ0v) is 14.6. The standard InChI is InChI=1S/C14H17NO6S2/c1-4-22(17,18)12-11(14(16)21-3)10-8-6-7-9-15(10)13(12)23(19,20)5-2/h6-9H,4-5H2,1-3H3. The molecule has 0 saturated heterocycles. The zero-order chi connectivity index (χ0) is 17.4. The number of hydrogen-bond acceptors (Lipinski definition) is 6. The molecule has 126 valence electrons. The second-order valence-corrected chi connectivity index (χ2v) is 9.17. The predicted molar refractivity (Wildman–Crippen MR) is 84.2 cm³/mol. The highest BCUT2D eigenvalue weighted by Gasteiger charge is 2.36. The van der Waals surface area contributed by atoms with Gasteiger partial charge in [0.1, 0.15) is 10.5 Å². The van der Waals surface area contributed by atoms with Crippen LogP contribution in [0.25, 0.3) is 5.52 Å². The molecule has 0 unspecified atom stereocenters. The third kappa shape index (κ3) is 2.74. The molecular weight excluding hydrogens is 342 g/mol. The summed E-state index contributed by atoms with van der Waals surface area (Å²) in [5, 5.41) is -0.391. The summed E-state index contributed by atoms with van der Waals surface area (Å²) in [4.78, 5) is 11.7. The fourth-order valence-corrected chi connectivity index (χ4v) is 5.35. The van der Waals surface area contributed by atoms with E-state index in [1.165, 1.54) is 30.5 Å². The van der Waals surface area contributed by atoms with Gasteiger partial charge in [0.2, 0.25) is 0 Å². The molecule has 0 fully saturated rings. The molecular formula is C14H17NO6S2. The van der Waals surface area contributed by atoms with Crippen LogP contribution in [-0.4, -0.2) is 45.8 Å². The Morgan fingerprint density at radius 2 is 1.70 bits per heavy atom. The van der Waals surface area contributed by atoms with E-state index in [-0.39, 0.29) is 22.6 Å². The summed E-state index contributed by atoms with van der Waals surface area (Å²) in [7, 11) is -6.75. The summed E-state index contributed by atoms with van der Waals surface area (Å²) in [5.74, 6) is -1.51. The molecule has 0 N–H and O–H groups in total. The Balaban J connectivity index is 3.17. The number of ether oxygens (including phenoxy) is 1. The van der Waals surface area contributed by atoms with Crippen LogP contribution in [0.3, 0.4) is 0 Å². The Bertz CT molecular complexity index is 970. The highest BCUT2D eigenvalue weighted by atomic mass is 32.2. The molecule has 0 aliphatic heterocycles. The number of rotatable bonds is 5. The highest BCUT2D eigenvalue weighted by Crippen LogP contribution is 2.33. The van der Waals surface area contributed by atoms with Crippen molar-refractivity contribution in [1.82, 2.24) is 4.40 Å². The molecule has 0 aliphatic carbocycles. The van der Waals surface area contributed by atoms with E-state index in [1.54, 1.807) is 12.1 Å². The van der Waals surface area contributed by atoms with Gasteiger partial charge in [0.05, 0.1) is 24.1 Å². The molecule has 0 aromatic carbocycles. The minimum atomic E-state index is -3.97. The summed E-state index contributed by atoms with van der Waals surface area (Å²) in [6.45, 7) is 2.80. The predicted octanol–water partition coefficient (Wildman–Crippen LogP) is 1.31. The van der Waals surface area contributed by atoms with E-state index >= 15 is 0 Å². The number of aromatic nitrogens is 1. The summed E-state index contributed by atoms with van der Waals surface area (Å²) in [6.07, 6.45) is 1.42. The summed E-state index contributed by atoms with van der Waals surface area (Å²) >= 11 is 0. The van der Waals surface area contributed by atoms with Gasteiger partial charge in [0, 0.05) is 6.20 Å². The number of carbonyl (C=O) groups is 1. The van der Waals surface area contributed by atoms with E-state index in [9.17, 15) is 21.6 Å². The van der Waals surface area contributed by atoms with Crippen LogP contribution < -0.4 is 0 Å². The van der Waals surface area contributed by atoms with E-state index in [4.69, 9.17) is 0 Å². The number of sulfone groups is 2. The largest absolute Gasteiger partial charge is 0.465 e. The minimum Gasteiger partial charge on any atom is -0.465 e. The molecule has 0 aliphatic rings. The second-order valence-electron chi connectivity index (χ2n) is 4.76. The molecule has 2 heterocycles. The maximum Gasteiger partial charge on any atom is 0.341 e. The van der Waals surface area contributed by atoms with Gasteiger partial charge >= 0.3 is 5.97 Å². The van der Waals surface area contributed by atoms with Gasteiger partial charge in [0.25, 0.3) is 0 Å². The topological polar surface area (TPSA) is 99.0 Å². The van der Waals surface area contributed by atoms with Crippen LogP contribution >= 0.6 is 0 Å². The van der Waals surface area contributed by atoms with Crippen LogP contribution in [0.2, 0.25) is 0 Å². The van der Waals surface area contributed by atoms with E-state index in [0.717, 1.165) is 7.11 Å². The second kappa shape index (κ2) is 5.97. The van der Waals surface area contributed by atoms with Crippen LogP contribution in [0.1, 0.15) is 24.2 Å². The maximum atomic E-state index is 12.5. The number of esters is 1. The van der Waals surface area contributed by atoms with E-state index in [2.05, 4.69) is 4.74 Å². The van der Waals surface area contributed by atoms with Gasteiger partial charge in [-0.1, -0.05) is 19.9 Å². The van der Waals surface area contributed by atoms with Gasteiger partial charge in [0.15, 0.2) is 24.7 Å². The normalized spacial score (nSPS) is 12.5. The Hall–Kier alpha value is -1.87. The van der Waals surface area contributed by atoms with Crippen molar-refractivity contribution in [3.8, 4) is 0 Å². The first-order chi connectivity index (χ1) is 10.7. The lowest BCUT2D eigenvalue weighted by Gasteiger charge is -2.07. The first kappa shape index (κ1) is 17.5. The molecule has 2 aromatic heterocycles. The SMILES string of the molecule is CCS(=O)(=O)c1c(C(=O)OC)c2ccccn2c1S(=O)(=O)CC. The number of hydrogen-bond donors (Lipinski definition) is 0. The Labute approximate surface area is 134 Å². The average molecular weight is 359 g/mol. The van der Waals surface area contributed by atoms with Crippen molar-refractivity contribution in [3.05, 3.63) is 30.0 Å². The number of fused-ring (bicyclic) bond motifs is 1. The zero-order valence-electron chi connectivity index (χ0n) is 12.9. The monoisotopic (exact) mass is 359 g/mol. The Morgan fingerprint density at radius 1 is 1.09 bits per heavy atom. The lowest BCUT2D eigenvalue weighted by atomic mass is 10.2. The van der Waals surface area contributed by atoms with Gasteiger partial charge in [-0.3, -0.25) is 0 Å². The van der Waals surface area contributed by atoms with Crippen LogP contribution in [-0.2, 0) is 24.4 Å². The van der Waals surface area contributed by atoms with Gasteiger partial charge in [-0.25, -0.2) is 21.6 Å². The first-order valence-corrected chi connectivity index (χ1v) is 10.2. The van der Waals surface area contributed by atoms with Crippen molar-refractivity contribution in [2.75, 3.05) is 18.6 Å². The lowest BCUT2D eigenvalue weighted by molar-refractivity contribution is 0.0598. The number of pyridine rings is 1. The summed E-state index contributed by atoms with van der Waals surface area (Å²) in [6, 6.07) is 4.63.